The highest BCUT2D eigenvalue weighted by molar-refractivity contribution is 5.93. The highest BCUT2D eigenvalue weighted by Crippen LogP contribution is 2.29. The fourth-order valence-electron chi connectivity index (χ4n) is 4.25. The molecule has 1 aliphatic rings. The molecular weight excluding hydrogens is 368 g/mol. The number of piperidine rings is 1. The van der Waals surface area contributed by atoms with Crippen LogP contribution in [0.15, 0.2) is 60.7 Å². The largest absolute Gasteiger partial charge is 0.309 e. The number of carbonyl (C=O) groups excluding carboxylic acids is 1. The molecular formula is C24H33ClN2O. The lowest BCUT2D eigenvalue weighted by Crippen LogP contribution is -2.54. The van der Waals surface area contributed by atoms with Gasteiger partial charge in [0, 0.05) is 36.8 Å². The third kappa shape index (κ3) is 5.36. The summed E-state index contributed by atoms with van der Waals surface area (Å²) in [5.41, 5.74) is 2.54. The fourth-order valence-corrected chi connectivity index (χ4v) is 4.25. The van der Waals surface area contributed by atoms with Crippen molar-refractivity contribution >= 4 is 24.0 Å². The molecule has 0 N–H and O–H groups in total. The highest BCUT2D eigenvalue weighted by atomic mass is 35.5. The maximum atomic E-state index is 12.6. The van der Waals surface area contributed by atoms with Crippen molar-refractivity contribution in [2.45, 2.75) is 58.0 Å². The van der Waals surface area contributed by atoms with Crippen molar-refractivity contribution < 1.29 is 4.79 Å². The molecule has 1 fully saturated rings. The van der Waals surface area contributed by atoms with Gasteiger partial charge in [0.25, 0.3) is 0 Å². The SMILES string of the molecule is CCC(=O)N(c1ccccc1)C1CCN(C(C)(C)Cc2ccccc2)CC1.Cl. The van der Waals surface area contributed by atoms with E-state index in [9.17, 15) is 4.79 Å². The molecule has 28 heavy (non-hydrogen) atoms. The van der Waals surface area contributed by atoms with Crippen molar-refractivity contribution in [3.05, 3.63) is 66.2 Å². The van der Waals surface area contributed by atoms with Crippen molar-refractivity contribution in [1.29, 1.82) is 0 Å². The summed E-state index contributed by atoms with van der Waals surface area (Å²) in [7, 11) is 0. The van der Waals surface area contributed by atoms with Crippen LogP contribution in [0.3, 0.4) is 0 Å². The van der Waals surface area contributed by atoms with Crippen LogP contribution >= 0.6 is 12.4 Å². The molecule has 1 heterocycles. The Hall–Kier alpha value is -1.84. The van der Waals surface area contributed by atoms with Gasteiger partial charge in [-0.2, -0.15) is 0 Å². The van der Waals surface area contributed by atoms with E-state index in [0.717, 1.165) is 38.0 Å². The Bertz CT molecular complexity index is 725. The number of amides is 1. The summed E-state index contributed by atoms with van der Waals surface area (Å²) in [5, 5.41) is 0. The molecule has 0 spiro atoms. The Kier molecular flexibility index (Phi) is 8.09. The van der Waals surface area contributed by atoms with Gasteiger partial charge in [-0.05, 0) is 50.8 Å². The van der Waals surface area contributed by atoms with Crippen LogP contribution in [-0.4, -0.2) is 35.5 Å². The molecule has 152 valence electrons. The number of carbonyl (C=O) groups is 1. The molecule has 1 amide bonds. The average Bonchev–Trinajstić information content (AvgIpc) is 2.70. The third-order valence-electron chi connectivity index (χ3n) is 5.77. The monoisotopic (exact) mass is 400 g/mol. The first-order valence-corrected chi connectivity index (χ1v) is 10.2. The molecule has 0 aromatic heterocycles. The first kappa shape index (κ1) is 22.4. The minimum atomic E-state index is 0. The van der Waals surface area contributed by atoms with E-state index in [1.807, 2.05) is 30.0 Å². The quantitative estimate of drug-likeness (QED) is 0.653. The first-order chi connectivity index (χ1) is 13.0. The molecule has 0 saturated carbocycles. The smallest absolute Gasteiger partial charge is 0.226 e. The van der Waals surface area contributed by atoms with Gasteiger partial charge < -0.3 is 4.90 Å². The molecule has 1 saturated heterocycles. The summed E-state index contributed by atoms with van der Waals surface area (Å²) in [5.74, 6) is 0.225. The lowest BCUT2D eigenvalue weighted by molar-refractivity contribution is -0.119. The van der Waals surface area contributed by atoms with Gasteiger partial charge in [-0.1, -0.05) is 55.5 Å². The minimum Gasteiger partial charge on any atom is -0.309 e. The van der Waals surface area contributed by atoms with E-state index < -0.39 is 0 Å². The number of hydrogen-bond donors (Lipinski definition) is 0. The molecule has 0 bridgehead atoms. The normalized spacial score (nSPS) is 15.7. The van der Waals surface area contributed by atoms with E-state index in [1.54, 1.807) is 0 Å². The van der Waals surface area contributed by atoms with Crippen LogP contribution in [0.1, 0.15) is 45.6 Å². The zero-order valence-corrected chi connectivity index (χ0v) is 18.1. The van der Waals surface area contributed by atoms with Gasteiger partial charge in [0.2, 0.25) is 5.91 Å². The van der Waals surface area contributed by atoms with Crippen LogP contribution in [0.25, 0.3) is 0 Å². The highest BCUT2D eigenvalue weighted by Gasteiger charge is 2.34. The van der Waals surface area contributed by atoms with Crippen LogP contribution in [0.4, 0.5) is 5.69 Å². The van der Waals surface area contributed by atoms with Gasteiger partial charge in [-0.3, -0.25) is 9.69 Å². The van der Waals surface area contributed by atoms with E-state index in [2.05, 4.69) is 61.2 Å². The first-order valence-electron chi connectivity index (χ1n) is 10.2. The van der Waals surface area contributed by atoms with E-state index >= 15 is 0 Å². The lowest BCUT2D eigenvalue weighted by atomic mass is 9.89. The summed E-state index contributed by atoms with van der Waals surface area (Å²) in [4.78, 5) is 17.3. The van der Waals surface area contributed by atoms with E-state index in [-0.39, 0.29) is 23.9 Å². The second-order valence-corrected chi connectivity index (χ2v) is 8.15. The summed E-state index contributed by atoms with van der Waals surface area (Å²) in [6.45, 7) is 8.70. The summed E-state index contributed by atoms with van der Waals surface area (Å²) in [6, 6.07) is 21.2. The predicted molar refractivity (Wildman–Crippen MR) is 120 cm³/mol. The Morgan fingerprint density at radius 3 is 2.07 bits per heavy atom. The maximum absolute atomic E-state index is 12.6. The Balaban J connectivity index is 0.00000280. The summed E-state index contributed by atoms with van der Waals surface area (Å²) < 4.78 is 0. The second-order valence-electron chi connectivity index (χ2n) is 8.15. The zero-order chi connectivity index (χ0) is 19.3. The Morgan fingerprint density at radius 1 is 1.00 bits per heavy atom. The van der Waals surface area contributed by atoms with E-state index in [1.165, 1.54) is 5.56 Å². The number of halogens is 1. The number of nitrogens with zero attached hydrogens (tertiary/aromatic N) is 2. The van der Waals surface area contributed by atoms with Crippen molar-refractivity contribution in [2.24, 2.45) is 0 Å². The standard InChI is InChI=1S/C24H32N2O.ClH/c1-4-23(27)26(21-13-9-6-10-14-21)22-15-17-25(18-16-22)24(2,3)19-20-11-7-5-8-12-20;/h5-14,22H,4,15-19H2,1-3H3;1H. The van der Waals surface area contributed by atoms with Crippen LogP contribution in [0.5, 0.6) is 0 Å². The molecule has 4 heteroatoms. The average molecular weight is 401 g/mol. The van der Waals surface area contributed by atoms with E-state index in [4.69, 9.17) is 0 Å². The van der Waals surface area contributed by atoms with Crippen LogP contribution in [0, 0.1) is 0 Å². The molecule has 0 radical (unpaired) electrons. The lowest BCUT2D eigenvalue weighted by Gasteiger charge is -2.45. The molecule has 0 atom stereocenters. The molecule has 0 aliphatic carbocycles. The molecule has 3 rings (SSSR count). The molecule has 1 aliphatic heterocycles. The number of likely N-dealkylation sites (tertiary alicyclic amines) is 1. The number of rotatable bonds is 6. The van der Waals surface area contributed by atoms with Gasteiger partial charge in [-0.15, -0.1) is 12.4 Å². The van der Waals surface area contributed by atoms with Crippen LogP contribution in [0.2, 0.25) is 0 Å². The van der Waals surface area contributed by atoms with Crippen molar-refractivity contribution in [3.63, 3.8) is 0 Å². The number of hydrogen-bond acceptors (Lipinski definition) is 2. The Labute approximate surface area is 176 Å². The number of para-hydroxylation sites is 1. The molecule has 0 unspecified atom stereocenters. The fraction of sp³-hybridized carbons (Fsp3) is 0.458. The van der Waals surface area contributed by atoms with Crippen molar-refractivity contribution in [2.75, 3.05) is 18.0 Å². The zero-order valence-electron chi connectivity index (χ0n) is 17.3. The second kappa shape index (κ2) is 10.1. The Morgan fingerprint density at radius 2 is 1.54 bits per heavy atom. The van der Waals surface area contributed by atoms with Gasteiger partial charge in [0.05, 0.1) is 0 Å². The predicted octanol–water partition coefficient (Wildman–Crippen LogP) is 5.34. The van der Waals surface area contributed by atoms with Gasteiger partial charge in [-0.25, -0.2) is 0 Å². The topological polar surface area (TPSA) is 23.6 Å². The van der Waals surface area contributed by atoms with Gasteiger partial charge in [0.15, 0.2) is 0 Å². The number of benzene rings is 2. The maximum Gasteiger partial charge on any atom is 0.226 e. The summed E-state index contributed by atoms with van der Waals surface area (Å²) >= 11 is 0. The van der Waals surface area contributed by atoms with Gasteiger partial charge in [0.1, 0.15) is 0 Å². The molecule has 2 aromatic carbocycles. The summed E-state index contributed by atoms with van der Waals surface area (Å²) in [6.07, 6.45) is 3.65. The van der Waals surface area contributed by atoms with Crippen molar-refractivity contribution in [3.8, 4) is 0 Å². The van der Waals surface area contributed by atoms with E-state index in [0.29, 0.717) is 12.5 Å². The van der Waals surface area contributed by atoms with Crippen LogP contribution in [-0.2, 0) is 11.2 Å². The minimum absolute atomic E-state index is 0. The molecule has 3 nitrogen and oxygen atoms in total. The van der Waals surface area contributed by atoms with Crippen LogP contribution < -0.4 is 4.90 Å². The van der Waals surface area contributed by atoms with Gasteiger partial charge >= 0.3 is 0 Å². The third-order valence-corrected chi connectivity index (χ3v) is 5.77. The number of anilines is 1. The van der Waals surface area contributed by atoms with Crippen molar-refractivity contribution in [1.82, 2.24) is 4.90 Å². The molecule has 2 aromatic rings.